The lowest BCUT2D eigenvalue weighted by Crippen LogP contribution is -2.62. The van der Waals surface area contributed by atoms with Gasteiger partial charge in [-0.25, -0.2) is 9.82 Å². The zero-order valence-electron chi connectivity index (χ0n) is 45.2. The average Bonchev–Trinajstić information content (AvgIpc) is 4.06. The van der Waals surface area contributed by atoms with E-state index in [4.69, 9.17) is 14.5 Å². The van der Waals surface area contributed by atoms with Crippen molar-refractivity contribution in [3.63, 3.8) is 0 Å². The zero-order chi connectivity index (χ0) is 53.4. The second kappa shape index (κ2) is 21.6. The van der Waals surface area contributed by atoms with Crippen molar-refractivity contribution in [1.29, 1.82) is 0 Å². The predicted molar refractivity (Wildman–Crippen MR) is 283 cm³/mol. The summed E-state index contributed by atoms with van der Waals surface area (Å²) in [6, 6.07) is 12.8. The molecule has 5 atom stereocenters. The molecule has 4 aliphatic heterocycles. The van der Waals surface area contributed by atoms with E-state index in [0.717, 1.165) is 44.5 Å². The Morgan fingerprint density at radius 2 is 1.80 bits per heavy atom. The second-order valence-corrected chi connectivity index (χ2v) is 22.7. The van der Waals surface area contributed by atoms with Gasteiger partial charge in [-0.2, -0.15) is 0 Å². The van der Waals surface area contributed by atoms with Gasteiger partial charge < -0.3 is 29.2 Å². The molecule has 1 spiro atoms. The molecule has 0 radical (unpaired) electrons. The van der Waals surface area contributed by atoms with Gasteiger partial charge in [0, 0.05) is 74.3 Å². The highest BCUT2D eigenvalue weighted by Crippen LogP contribution is 2.44. The molecule has 3 saturated heterocycles. The number of alkyl halides is 1. The van der Waals surface area contributed by atoms with Crippen molar-refractivity contribution in [2.75, 3.05) is 54.0 Å². The summed E-state index contributed by atoms with van der Waals surface area (Å²) in [6.07, 6.45) is 3.84. The summed E-state index contributed by atoms with van der Waals surface area (Å²) >= 11 is 0. The number of ether oxygens (including phenoxy) is 2. The molecule has 0 saturated carbocycles. The fourth-order valence-corrected chi connectivity index (χ4v) is 11.2. The van der Waals surface area contributed by atoms with Crippen LogP contribution in [0.2, 0.25) is 0 Å². The number of carbonyl (C=O) groups is 5. The van der Waals surface area contributed by atoms with Gasteiger partial charge >= 0.3 is 5.97 Å². The number of methoxy groups -OCH3 is 1. The molecule has 6 heterocycles. The molecule has 4 aliphatic rings. The van der Waals surface area contributed by atoms with Gasteiger partial charge in [-0.05, 0) is 144 Å². The number of aryl methyl sites for hydroxylation is 1. The number of hydrogen-bond donors (Lipinski definition) is 2. The molecule has 6 bridgehead atoms. The maximum absolute atomic E-state index is 15.1. The fourth-order valence-electron chi connectivity index (χ4n) is 11.2. The minimum atomic E-state index is -1.18. The van der Waals surface area contributed by atoms with Crippen LogP contribution >= 0.6 is 0 Å². The number of nitrogens with zero attached hydrogens (tertiary/aromatic N) is 6. The first-order valence-electron chi connectivity index (χ1n) is 26.3. The average molecular weight is 1020 g/mol. The molecular weight excluding hydrogens is 940 g/mol. The van der Waals surface area contributed by atoms with Crippen LogP contribution in [0.25, 0.3) is 33.3 Å². The normalized spacial score (nSPS) is 22.2. The highest BCUT2D eigenvalue weighted by atomic mass is 19.1. The van der Waals surface area contributed by atoms with Gasteiger partial charge in [-0.15, -0.1) is 0 Å². The number of cyclic esters (lactones) is 1. The number of esters is 1. The Bertz CT molecular complexity index is 2880. The lowest BCUT2D eigenvalue weighted by Gasteiger charge is -2.37. The minimum absolute atomic E-state index is 0.0103. The molecule has 2 N–H and O–H groups in total. The molecule has 16 heteroatoms. The molecule has 0 unspecified atom stereocenters. The number of rotatable bonds is 10. The van der Waals surface area contributed by atoms with Gasteiger partial charge in [0.05, 0.1) is 35.1 Å². The summed E-state index contributed by atoms with van der Waals surface area (Å²) in [4.78, 5) is 81.9. The van der Waals surface area contributed by atoms with Gasteiger partial charge in [-0.3, -0.25) is 38.9 Å². The number of pyridine rings is 1. The van der Waals surface area contributed by atoms with E-state index in [0.29, 0.717) is 62.9 Å². The Morgan fingerprint density at radius 1 is 1.04 bits per heavy atom. The molecule has 15 nitrogen and oxygen atoms in total. The van der Waals surface area contributed by atoms with Gasteiger partial charge in [-0.1, -0.05) is 51.8 Å². The molecule has 2 aromatic heterocycles. The number of likely N-dealkylation sites (tertiary alicyclic amines) is 2. The van der Waals surface area contributed by atoms with Crippen molar-refractivity contribution in [1.82, 2.24) is 40.0 Å². The van der Waals surface area contributed by atoms with E-state index in [1.807, 2.05) is 77.9 Å². The third-order valence-corrected chi connectivity index (χ3v) is 15.9. The summed E-state index contributed by atoms with van der Waals surface area (Å²) in [7, 11) is 5.47. The minimum Gasteiger partial charge on any atom is -0.464 e. The summed E-state index contributed by atoms with van der Waals surface area (Å²) in [5, 5.41) is 5.46. The van der Waals surface area contributed by atoms with Gasteiger partial charge in [0.2, 0.25) is 11.8 Å². The Labute approximate surface area is 435 Å². The number of aromatic nitrogens is 2. The molecule has 3 fully saturated rings. The van der Waals surface area contributed by atoms with E-state index in [-0.39, 0.29) is 50.0 Å². The van der Waals surface area contributed by atoms with E-state index < -0.39 is 59.0 Å². The number of amides is 4. The van der Waals surface area contributed by atoms with Crippen molar-refractivity contribution >= 4 is 40.5 Å². The van der Waals surface area contributed by atoms with E-state index in [9.17, 15) is 24.0 Å². The van der Waals surface area contributed by atoms with Crippen LogP contribution in [0, 0.1) is 28.6 Å². The van der Waals surface area contributed by atoms with Crippen molar-refractivity contribution < 1.29 is 37.8 Å². The van der Waals surface area contributed by atoms with Crippen LogP contribution in [-0.2, 0) is 59.5 Å². The Kier molecular flexibility index (Phi) is 15.8. The number of carbonyl (C=O) groups excluding carboxylic acids is 5. The van der Waals surface area contributed by atoms with E-state index >= 15 is 4.39 Å². The molecule has 0 aliphatic carbocycles. The third kappa shape index (κ3) is 10.8. The molecule has 8 rings (SSSR count). The number of nitrogens with one attached hydrogen (secondary N) is 2. The highest BCUT2D eigenvalue weighted by molar-refractivity contribution is 5.98. The summed E-state index contributed by atoms with van der Waals surface area (Å²) in [5.74, 6) is 3.51. The standard InChI is InChI=1S/C58H75FN8O7/c1-12-65-47-18-17-40-31-43(47)44(51(65)42-15-13-23-60-49(42)37(4)73-11)32-56(5,6)35-74-54(71)45-16-14-24-67(62-45)53(70)46(30-38-27-39(33-59)29-41(40)28-38)61-52(69)50(36(2)3)66-26-22-58(55(66)72)21-25-64(34-58)48(68)19-20-57(7,8)63(9)10/h13,15,17-18,23,27-29,31,36-37,45-46,50,62H,12,14,16,21-22,24-26,30,32-35H2,1-11H3,(H,61,69)/t37-,45-,46-,50-,58-/m0/s1. The van der Waals surface area contributed by atoms with Gasteiger partial charge in [0.25, 0.3) is 11.8 Å². The van der Waals surface area contributed by atoms with E-state index in [2.05, 4.69) is 66.1 Å². The van der Waals surface area contributed by atoms with Crippen LogP contribution in [0.5, 0.6) is 0 Å². The molecule has 4 amide bonds. The maximum Gasteiger partial charge on any atom is 0.324 e. The maximum atomic E-state index is 15.1. The number of hydrazine groups is 1. The third-order valence-electron chi connectivity index (χ3n) is 15.9. The second-order valence-electron chi connectivity index (χ2n) is 22.7. The number of hydrogen-bond acceptors (Lipinski definition) is 10. The Hall–Kier alpha value is -6.15. The SMILES string of the molecule is CCn1c(-c2cccnc2[C@H](C)OC)c2c3cc(ccc31)-c1cc(CF)cc(c1)C[C@H](NC(=O)[C@H](C(C)C)N1CC[C@]3(CCN(C(=O)C#CC(C)(C)N(C)C)C3)C1=O)C(=O)N1CCC[C@H](N1)C(=O)OCC(C)(C)C2. The molecule has 4 aromatic rings. The fraction of sp³-hybridized carbons (Fsp3) is 0.552. The first-order chi connectivity index (χ1) is 35.1. The van der Waals surface area contributed by atoms with Crippen LogP contribution in [-0.4, -0.2) is 137 Å². The quantitative estimate of drug-likeness (QED) is 0.125. The topological polar surface area (TPSA) is 159 Å². The lowest BCUT2D eigenvalue weighted by molar-refractivity contribution is -0.155. The Morgan fingerprint density at radius 3 is 2.50 bits per heavy atom. The zero-order valence-corrected chi connectivity index (χ0v) is 45.2. The summed E-state index contributed by atoms with van der Waals surface area (Å²) in [6.45, 7) is 17.0. The Balaban J connectivity index is 1.17. The summed E-state index contributed by atoms with van der Waals surface area (Å²) in [5.41, 5.74) is 8.61. The lowest BCUT2D eigenvalue weighted by atomic mass is 9.84. The van der Waals surface area contributed by atoms with Gasteiger partial charge in [0.1, 0.15) is 24.8 Å². The summed E-state index contributed by atoms with van der Waals surface area (Å²) < 4.78 is 29.3. The van der Waals surface area contributed by atoms with Crippen LogP contribution in [0.4, 0.5) is 4.39 Å². The molecule has 396 valence electrons. The first kappa shape index (κ1) is 54.1. The molecule has 74 heavy (non-hydrogen) atoms. The molecule has 2 aromatic carbocycles. The smallest absolute Gasteiger partial charge is 0.324 e. The van der Waals surface area contributed by atoms with Crippen LogP contribution in [0.15, 0.2) is 54.7 Å². The van der Waals surface area contributed by atoms with Crippen LogP contribution < -0.4 is 10.7 Å². The monoisotopic (exact) mass is 1010 g/mol. The molecular formula is C58H75FN8O7. The van der Waals surface area contributed by atoms with Crippen LogP contribution in [0.3, 0.4) is 0 Å². The first-order valence-corrected chi connectivity index (χ1v) is 26.3. The van der Waals surface area contributed by atoms with Crippen molar-refractivity contribution in [3.05, 3.63) is 77.1 Å². The van der Waals surface area contributed by atoms with Crippen molar-refractivity contribution in [2.24, 2.45) is 16.7 Å². The number of benzene rings is 2. The highest BCUT2D eigenvalue weighted by Gasteiger charge is 2.54. The van der Waals surface area contributed by atoms with Crippen molar-refractivity contribution in [2.45, 2.75) is 137 Å². The van der Waals surface area contributed by atoms with Gasteiger partial charge in [0.15, 0.2) is 0 Å². The van der Waals surface area contributed by atoms with Crippen LogP contribution in [0.1, 0.15) is 110 Å². The van der Waals surface area contributed by atoms with Crippen molar-refractivity contribution in [3.8, 4) is 34.2 Å². The largest absolute Gasteiger partial charge is 0.464 e. The van der Waals surface area contributed by atoms with E-state index in [1.54, 1.807) is 29.2 Å². The van der Waals surface area contributed by atoms with E-state index in [1.165, 1.54) is 5.01 Å². The number of fused-ring (bicyclic) bond motifs is 6. The predicted octanol–water partition coefficient (Wildman–Crippen LogP) is 7.03. The number of halogens is 1.